The molecule has 7 atom stereocenters. The zero-order valence-electron chi connectivity index (χ0n) is 26.0. The summed E-state index contributed by atoms with van der Waals surface area (Å²) in [6, 6.07) is 2.65. The lowest BCUT2D eigenvalue weighted by Gasteiger charge is -2.58. The number of esters is 1. The number of ketones is 1. The molecule has 0 heterocycles. The van der Waals surface area contributed by atoms with Crippen LogP contribution in [0, 0.1) is 44.6 Å². The summed E-state index contributed by atoms with van der Waals surface area (Å²) >= 11 is 0. The Kier molecular flexibility index (Phi) is 8.87. The van der Waals surface area contributed by atoms with Crippen molar-refractivity contribution in [2.45, 2.75) is 84.6 Å². The number of aromatic hydroxyl groups is 1. The maximum Gasteiger partial charge on any atom is 0.328 e. The molecule has 4 aliphatic rings. The topological polar surface area (TPSA) is 157 Å². The molecule has 5 rings (SSSR count). The van der Waals surface area contributed by atoms with Crippen molar-refractivity contribution < 1.29 is 34.0 Å². The third-order valence-electron chi connectivity index (χ3n) is 11.3. The molecule has 3 saturated carbocycles. The standard InChI is InChI=1S/C33H43N3O8/c1-19(37)24-8-9-25-23-7-6-21-17-22(11-13-32(21,2)26(23)12-14-33(24,25)3)35-44-18-30(39)34-27(31(40)43-4)15-20-5-10-29(38)28(16-20)36(41)42/h5,10,16-17,23-27,38H,6-9,11-15,18H2,1-4H3,(H,34,39)/b35-22+/t23-,24+,25-,26-,27+,32-,33+/m0/s1. The number of rotatable bonds is 9. The molecule has 4 aliphatic carbocycles. The number of hydrogen-bond donors (Lipinski definition) is 2. The second kappa shape index (κ2) is 12.3. The van der Waals surface area contributed by atoms with Crippen molar-refractivity contribution in [3.05, 3.63) is 45.5 Å². The molecular weight excluding hydrogens is 566 g/mol. The lowest BCUT2D eigenvalue weighted by molar-refractivity contribution is -0.385. The van der Waals surface area contributed by atoms with Crippen molar-refractivity contribution in [1.29, 1.82) is 0 Å². The molecule has 44 heavy (non-hydrogen) atoms. The number of carbonyl (C=O) groups excluding carboxylic acids is 3. The number of nitrogens with zero attached hydrogens (tertiary/aromatic N) is 2. The molecule has 11 nitrogen and oxygen atoms in total. The zero-order chi connectivity index (χ0) is 31.8. The van der Waals surface area contributed by atoms with Crippen molar-refractivity contribution in [2.24, 2.45) is 39.7 Å². The largest absolute Gasteiger partial charge is 0.502 e. The van der Waals surface area contributed by atoms with Crippen LogP contribution >= 0.6 is 0 Å². The highest BCUT2D eigenvalue weighted by molar-refractivity contribution is 5.96. The highest BCUT2D eigenvalue weighted by Crippen LogP contribution is 2.66. The average molecular weight is 610 g/mol. The monoisotopic (exact) mass is 609 g/mol. The van der Waals surface area contributed by atoms with E-state index in [-0.39, 0.29) is 23.2 Å². The summed E-state index contributed by atoms with van der Waals surface area (Å²) in [4.78, 5) is 53.3. The van der Waals surface area contributed by atoms with Crippen LogP contribution in [-0.4, -0.2) is 53.2 Å². The van der Waals surface area contributed by atoms with Crippen molar-refractivity contribution in [3.8, 4) is 5.75 Å². The number of methoxy groups -OCH3 is 1. The number of amides is 1. The summed E-state index contributed by atoms with van der Waals surface area (Å²) in [6.07, 6.45) is 10.4. The van der Waals surface area contributed by atoms with Gasteiger partial charge in [0.05, 0.1) is 17.7 Å². The van der Waals surface area contributed by atoms with Gasteiger partial charge >= 0.3 is 11.7 Å². The summed E-state index contributed by atoms with van der Waals surface area (Å²) in [5, 5.41) is 27.7. The number of nitro groups is 1. The Bertz CT molecular complexity index is 1410. The quantitative estimate of drug-likeness (QED) is 0.224. The van der Waals surface area contributed by atoms with E-state index in [1.54, 1.807) is 6.92 Å². The number of phenols is 1. The van der Waals surface area contributed by atoms with E-state index in [0.29, 0.717) is 29.1 Å². The molecule has 1 aromatic carbocycles. The first kappa shape index (κ1) is 31.7. The first-order valence-electron chi connectivity index (χ1n) is 15.6. The normalized spacial score (nSPS) is 32.4. The number of allylic oxidation sites excluding steroid dienone is 2. The van der Waals surface area contributed by atoms with Gasteiger partial charge in [-0.3, -0.25) is 19.7 Å². The molecule has 0 aliphatic heterocycles. The number of oxime groups is 1. The number of phenolic OH excluding ortho intramolecular Hbond substituents is 1. The molecule has 0 bridgehead atoms. The predicted molar refractivity (Wildman–Crippen MR) is 162 cm³/mol. The third kappa shape index (κ3) is 5.85. The SMILES string of the molecule is COC(=O)[C@@H](Cc1ccc(O)c([N+](=O)[O-])c1)NC(=O)CO/N=C1/C=C2CC[C@H]3[C@@H]4CC[C@H](C(C)=O)[C@@]4(C)CC[C@@H]3[C@@]2(C)CC1. The second-order valence-corrected chi connectivity index (χ2v) is 13.6. The van der Waals surface area contributed by atoms with Crippen LogP contribution in [0.25, 0.3) is 0 Å². The molecule has 3 fully saturated rings. The van der Waals surface area contributed by atoms with Crippen LogP contribution in [0.3, 0.4) is 0 Å². The van der Waals surface area contributed by atoms with E-state index in [1.807, 2.05) is 0 Å². The van der Waals surface area contributed by atoms with Gasteiger partial charge in [0.15, 0.2) is 12.4 Å². The van der Waals surface area contributed by atoms with E-state index in [1.165, 1.54) is 24.8 Å². The Morgan fingerprint density at radius 2 is 1.91 bits per heavy atom. The first-order valence-corrected chi connectivity index (χ1v) is 15.6. The van der Waals surface area contributed by atoms with Crippen molar-refractivity contribution in [3.63, 3.8) is 0 Å². The minimum atomic E-state index is -1.11. The Morgan fingerprint density at radius 3 is 2.61 bits per heavy atom. The summed E-state index contributed by atoms with van der Waals surface area (Å²) in [5.74, 6) is 0.626. The minimum absolute atomic E-state index is 0.0731. The number of carbonyl (C=O) groups is 3. The highest BCUT2D eigenvalue weighted by atomic mass is 16.6. The smallest absolute Gasteiger partial charge is 0.328 e. The summed E-state index contributed by atoms with van der Waals surface area (Å²) in [7, 11) is 1.18. The predicted octanol–water partition coefficient (Wildman–Crippen LogP) is 5.04. The third-order valence-corrected chi connectivity index (χ3v) is 11.3. The highest BCUT2D eigenvalue weighted by Gasteiger charge is 2.59. The zero-order valence-corrected chi connectivity index (χ0v) is 26.0. The van der Waals surface area contributed by atoms with E-state index < -0.39 is 40.9 Å². The number of fused-ring (bicyclic) bond motifs is 5. The number of ether oxygens (including phenoxy) is 1. The van der Waals surface area contributed by atoms with Gasteiger partial charge in [-0.25, -0.2) is 4.79 Å². The van der Waals surface area contributed by atoms with Crippen LogP contribution in [0.5, 0.6) is 5.75 Å². The molecule has 11 heteroatoms. The van der Waals surface area contributed by atoms with Crippen LogP contribution in [0.4, 0.5) is 5.69 Å². The molecule has 0 saturated heterocycles. The number of Topliss-reactive ketones (excluding diaryl/α,β-unsaturated/α-hetero) is 1. The van der Waals surface area contributed by atoms with E-state index >= 15 is 0 Å². The lowest BCUT2D eigenvalue weighted by atomic mass is 9.46. The molecule has 0 aromatic heterocycles. The van der Waals surface area contributed by atoms with Gasteiger partial charge in [-0.05, 0) is 105 Å². The molecule has 1 aromatic rings. The second-order valence-electron chi connectivity index (χ2n) is 13.6. The fourth-order valence-corrected chi connectivity index (χ4v) is 9.13. The van der Waals surface area contributed by atoms with E-state index in [2.05, 4.69) is 30.4 Å². The van der Waals surface area contributed by atoms with Gasteiger partial charge in [0.2, 0.25) is 0 Å². The van der Waals surface area contributed by atoms with Gasteiger partial charge in [0.1, 0.15) is 11.8 Å². The number of benzene rings is 1. The van der Waals surface area contributed by atoms with Gasteiger partial charge in [0.25, 0.3) is 5.91 Å². The van der Waals surface area contributed by atoms with Gasteiger partial charge in [-0.2, -0.15) is 0 Å². The lowest BCUT2D eigenvalue weighted by Crippen LogP contribution is -2.51. The minimum Gasteiger partial charge on any atom is -0.502 e. The van der Waals surface area contributed by atoms with Crippen LogP contribution in [0.1, 0.15) is 77.7 Å². The maximum atomic E-state index is 12.7. The van der Waals surface area contributed by atoms with Crippen LogP contribution in [0.2, 0.25) is 0 Å². The fraction of sp³-hybridized carbons (Fsp3) is 0.636. The van der Waals surface area contributed by atoms with E-state index in [9.17, 15) is 29.6 Å². The maximum absolute atomic E-state index is 12.7. The molecule has 1 amide bonds. The van der Waals surface area contributed by atoms with Crippen LogP contribution in [0.15, 0.2) is 35.0 Å². The molecule has 0 spiro atoms. The number of nitro benzene ring substituents is 1. The van der Waals surface area contributed by atoms with Crippen molar-refractivity contribution in [1.82, 2.24) is 5.32 Å². The first-order chi connectivity index (χ1) is 20.9. The van der Waals surface area contributed by atoms with Crippen LogP contribution in [-0.2, 0) is 30.4 Å². The van der Waals surface area contributed by atoms with Gasteiger partial charge in [-0.15, -0.1) is 0 Å². The Balaban J connectivity index is 1.19. The number of nitrogens with one attached hydrogen (secondary N) is 1. The van der Waals surface area contributed by atoms with Crippen LogP contribution < -0.4 is 5.32 Å². The molecule has 0 unspecified atom stereocenters. The van der Waals surface area contributed by atoms with Gasteiger partial charge < -0.3 is 20.0 Å². The fourth-order valence-electron chi connectivity index (χ4n) is 9.13. The summed E-state index contributed by atoms with van der Waals surface area (Å²) in [5.41, 5.74) is 2.30. The number of hydrogen-bond acceptors (Lipinski definition) is 9. The van der Waals surface area contributed by atoms with Gasteiger partial charge in [-0.1, -0.05) is 30.6 Å². The van der Waals surface area contributed by atoms with Crippen molar-refractivity contribution in [2.75, 3.05) is 13.7 Å². The summed E-state index contributed by atoms with van der Waals surface area (Å²) in [6.45, 7) is 6.13. The summed E-state index contributed by atoms with van der Waals surface area (Å²) < 4.78 is 4.80. The molecule has 238 valence electrons. The Labute approximate surface area is 257 Å². The van der Waals surface area contributed by atoms with E-state index in [4.69, 9.17) is 9.57 Å². The van der Waals surface area contributed by atoms with E-state index in [0.717, 1.165) is 63.1 Å². The van der Waals surface area contributed by atoms with Crippen molar-refractivity contribution >= 4 is 29.1 Å². The molecular formula is C33H43N3O8. The molecule has 0 radical (unpaired) electrons. The Morgan fingerprint density at radius 1 is 1.14 bits per heavy atom. The van der Waals surface area contributed by atoms with Gasteiger partial charge in [0, 0.05) is 18.4 Å². The molecule has 2 N–H and O–H groups in total. The Hall–Kier alpha value is -3.76. The average Bonchev–Trinajstić information content (AvgIpc) is 3.35.